The second-order valence-electron chi connectivity index (χ2n) is 3.54. The van der Waals surface area contributed by atoms with Crippen LogP contribution in [-0.4, -0.2) is 31.0 Å². The van der Waals surface area contributed by atoms with Gasteiger partial charge in [-0.1, -0.05) is 23.7 Å². The first-order chi connectivity index (χ1) is 8.06. The molecule has 2 rings (SSSR count). The quantitative estimate of drug-likeness (QED) is 0.889. The highest BCUT2D eigenvalue weighted by atomic mass is 35.5. The number of aromatic nitrogens is 4. The summed E-state index contributed by atoms with van der Waals surface area (Å²) in [5.41, 5.74) is 0. The molecule has 0 radical (unpaired) electrons. The first-order valence-corrected chi connectivity index (χ1v) is 5.19. The molecule has 17 heavy (non-hydrogen) atoms. The first kappa shape index (κ1) is 11.6. The number of carboxylic acid groups (broad SMARTS) is 1. The minimum absolute atomic E-state index is 0.122. The van der Waals surface area contributed by atoms with Crippen LogP contribution < -0.4 is 0 Å². The van der Waals surface area contributed by atoms with Crippen LogP contribution >= 0.6 is 11.6 Å². The van der Waals surface area contributed by atoms with Gasteiger partial charge in [0.25, 0.3) is 0 Å². The molecular formula is C9H9ClN4O3. The molecule has 2 aromatic rings. The summed E-state index contributed by atoms with van der Waals surface area (Å²) in [7, 11) is 0. The molecule has 2 aromatic heterocycles. The van der Waals surface area contributed by atoms with Crippen LogP contribution in [0.3, 0.4) is 0 Å². The van der Waals surface area contributed by atoms with Gasteiger partial charge >= 0.3 is 11.9 Å². The lowest BCUT2D eigenvalue weighted by molar-refractivity contribution is 0.0643. The van der Waals surface area contributed by atoms with Crippen molar-refractivity contribution in [3.05, 3.63) is 29.1 Å². The Labute approximate surface area is 101 Å². The lowest BCUT2D eigenvalue weighted by Gasteiger charge is -2.05. The molecule has 0 saturated carbocycles. The molecule has 0 fully saturated rings. The summed E-state index contributed by atoms with van der Waals surface area (Å²) in [4.78, 5) is 14.3. The van der Waals surface area contributed by atoms with E-state index in [-0.39, 0.29) is 5.92 Å². The number of carbonyl (C=O) groups is 1. The van der Waals surface area contributed by atoms with E-state index in [1.54, 1.807) is 10.9 Å². The highest BCUT2D eigenvalue weighted by Crippen LogP contribution is 2.15. The van der Waals surface area contributed by atoms with Gasteiger partial charge in [0.05, 0.1) is 17.8 Å². The predicted octanol–water partition coefficient (Wildman–Crippen LogP) is 1.42. The van der Waals surface area contributed by atoms with Crippen molar-refractivity contribution in [2.75, 3.05) is 0 Å². The SMILES string of the molecule is C[C@H](Cn1cc(Cl)cn1)c1noc(C(=O)O)n1. The molecule has 1 atom stereocenters. The van der Waals surface area contributed by atoms with Gasteiger partial charge in [0.2, 0.25) is 0 Å². The van der Waals surface area contributed by atoms with Crippen LogP contribution in [0.1, 0.15) is 29.4 Å². The summed E-state index contributed by atoms with van der Waals surface area (Å²) in [6, 6.07) is 0. The van der Waals surface area contributed by atoms with Crippen molar-refractivity contribution in [3.8, 4) is 0 Å². The summed E-state index contributed by atoms with van der Waals surface area (Å²) >= 11 is 5.72. The fraction of sp³-hybridized carbons (Fsp3) is 0.333. The smallest absolute Gasteiger partial charge is 0.394 e. The Kier molecular flexibility index (Phi) is 3.10. The Bertz CT molecular complexity index is 536. The zero-order valence-corrected chi connectivity index (χ0v) is 9.63. The van der Waals surface area contributed by atoms with Crippen LogP contribution in [0.25, 0.3) is 0 Å². The Morgan fingerprint density at radius 1 is 1.71 bits per heavy atom. The van der Waals surface area contributed by atoms with Crippen molar-refractivity contribution in [2.24, 2.45) is 0 Å². The van der Waals surface area contributed by atoms with Crippen molar-refractivity contribution in [2.45, 2.75) is 19.4 Å². The van der Waals surface area contributed by atoms with Gasteiger partial charge in [-0.3, -0.25) is 4.68 Å². The molecule has 0 amide bonds. The van der Waals surface area contributed by atoms with Crippen molar-refractivity contribution in [1.29, 1.82) is 0 Å². The van der Waals surface area contributed by atoms with Crippen molar-refractivity contribution in [3.63, 3.8) is 0 Å². The van der Waals surface area contributed by atoms with Crippen molar-refractivity contribution < 1.29 is 14.4 Å². The summed E-state index contributed by atoms with van der Waals surface area (Å²) in [5.74, 6) is -1.44. The van der Waals surface area contributed by atoms with E-state index in [2.05, 4.69) is 19.8 Å². The lowest BCUT2D eigenvalue weighted by Crippen LogP contribution is -2.08. The number of halogens is 1. The number of aromatic carboxylic acids is 1. The van der Waals surface area contributed by atoms with E-state index in [1.807, 2.05) is 6.92 Å². The van der Waals surface area contributed by atoms with Crippen molar-refractivity contribution >= 4 is 17.6 Å². The third-order valence-corrected chi connectivity index (χ3v) is 2.32. The Balaban J connectivity index is 2.08. The number of nitrogens with zero attached hydrogens (tertiary/aromatic N) is 4. The van der Waals surface area contributed by atoms with Gasteiger partial charge in [0, 0.05) is 12.1 Å². The molecule has 2 heterocycles. The molecule has 0 aliphatic rings. The van der Waals surface area contributed by atoms with E-state index in [0.29, 0.717) is 17.4 Å². The van der Waals surface area contributed by atoms with E-state index in [0.717, 1.165) is 0 Å². The molecule has 90 valence electrons. The normalized spacial score (nSPS) is 12.6. The maximum Gasteiger partial charge on any atom is 0.394 e. The van der Waals surface area contributed by atoms with Crippen LogP contribution in [-0.2, 0) is 6.54 Å². The zero-order chi connectivity index (χ0) is 12.4. The molecule has 0 spiro atoms. The van der Waals surface area contributed by atoms with E-state index in [9.17, 15) is 4.79 Å². The number of carboxylic acids is 1. The summed E-state index contributed by atoms with van der Waals surface area (Å²) in [5, 5.41) is 16.8. The fourth-order valence-corrected chi connectivity index (χ4v) is 1.48. The summed E-state index contributed by atoms with van der Waals surface area (Å²) in [6.07, 6.45) is 3.18. The van der Waals surface area contributed by atoms with E-state index in [4.69, 9.17) is 16.7 Å². The maximum atomic E-state index is 10.6. The van der Waals surface area contributed by atoms with Gasteiger partial charge in [-0.15, -0.1) is 0 Å². The number of rotatable bonds is 4. The third-order valence-electron chi connectivity index (χ3n) is 2.13. The standard InChI is InChI=1S/C9H9ClN4O3/c1-5(3-14-4-6(10)2-11-14)7-12-8(9(15)16)17-13-7/h2,4-5H,3H2,1H3,(H,15,16)/t5-/m1/s1. The minimum atomic E-state index is -1.24. The number of hydrogen-bond acceptors (Lipinski definition) is 5. The average Bonchev–Trinajstić information content (AvgIpc) is 2.86. The van der Waals surface area contributed by atoms with Gasteiger partial charge in [-0.2, -0.15) is 10.1 Å². The lowest BCUT2D eigenvalue weighted by atomic mass is 10.2. The highest BCUT2D eigenvalue weighted by Gasteiger charge is 2.18. The largest absolute Gasteiger partial charge is 0.474 e. The first-order valence-electron chi connectivity index (χ1n) is 4.81. The summed E-state index contributed by atoms with van der Waals surface area (Å²) < 4.78 is 6.20. The predicted molar refractivity (Wildman–Crippen MR) is 56.9 cm³/mol. The van der Waals surface area contributed by atoms with Gasteiger partial charge in [0.15, 0.2) is 5.82 Å². The van der Waals surface area contributed by atoms with Gasteiger partial charge in [-0.05, 0) is 0 Å². The highest BCUT2D eigenvalue weighted by molar-refractivity contribution is 6.30. The van der Waals surface area contributed by atoms with Crippen LogP contribution in [0.4, 0.5) is 0 Å². The van der Waals surface area contributed by atoms with Crippen LogP contribution in [0.2, 0.25) is 5.02 Å². The average molecular weight is 257 g/mol. The molecule has 8 heteroatoms. The zero-order valence-electron chi connectivity index (χ0n) is 8.87. The monoisotopic (exact) mass is 256 g/mol. The Morgan fingerprint density at radius 2 is 2.47 bits per heavy atom. The molecule has 0 aromatic carbocycles. The molecule has 0 bridgehead atoms. The molecule has 0 aliphatic carbocycles. The van der Waals surface area contributed by atoms with Crippen molar-refractivity contribution in [1.82, 2.24) is 19.9 Å². The van der Waals surface area contributed by atoms with Crippen LogP contribution in [0.15, 0.2) is 16.9 Å². The van der Waals surface area contributed by atoms with Gasteiger partial charge in [0.1, 0.15) is 0 Å². The van der Waals surface area contributed by atoms with Crippen LogP contribution in [0.5, 0.6) is 0 Å². The van der Waals surface area contributed by atoms with Gasteiger partial charge in [-0.25, -0.2) is 4.79 Å². The molecule has 0 aliphatic heterocycles. The Morgan fingerprint density at radius 3 is 3.00 bits per heavy atom. The molecular weight excluding hydrogens is 248 g/mol. The molecule has 7 nitrogen and oxygen atoms in total. The van der Waals surface area contributed by atoms with E-state index in [1.165, 1.54) is 6.20 Å². The molecule has 0 saturated heterocycles. The Hall–Kier alpha value is -1.89. The minimum Gasteiger partial charge on any atom is -0.474 e. The molecule has 1 N–H and O–H groups in total. The third kappa shape index (κ3) is 2.62. The van der Waals surface area contributed by atoms with Crippen LogP contribution in [0, 0.1) is 0 Å². The number of hydrogen-bond donors (Lipinski definition) is 1. The van der Waals surface area contributed by atoms with Gasteiger partial charge < -0.3 is 9.63 Å². The molecule has 0 unspecified atom stereocenters. The van der Waals surface area contributed by atoms with E-state index >= 15 is 0 Å². The topological polar surface area (TPSA) is 94.0 Å². The second kappa shape index (κ2) is 4.54. The summed E-state index contributed by atoms with van der Waals surface area (Å²) in [6.45, 7) is 2.33. The van der Waals surface area contributed by atoms with E-state index < -0.39 is 11.9 Å². The second-order valence-corrected chi connectivity index (χ2v) is 3.98. The maximum absolute atomic E-state index is 10.6. The fourth-order valence-electron chi connectivity index (χ4n) is 1.32.